The summed E-state index contributed by atoms with van der Waals surface area (Å²) < 4.78 is 25.7. The Balaban J connectivity index is 2.10. The first-order chi connectivity index (χ1) is 9.88. The minimum absolute atomic E-state index is 0.0146. The van der Waals surface area contributed by atoms with E-state index in [9.17, 15) is 13.2 Å². The molecule has 0 aliphatic heterocycles. The standard InChI is InChI=1S/C12H13N5O3S/c1-8-9(2)15-16-11(13-8)14-12(18)17-21(19,20)10-6-4-3-5-7-10/h3-7H,1-2H3,(H2,13,14,16,17,18). The SMILES string of the molecule is Cc1nnc(NC(=O)NS(=O)(=O)c2ccccc2)nc1C. The van der Waals surface area contributed by atoms with Crippen LogP contribution in [-0.2, 0) is 10.0 Å². The number of anilines is 1. The Morgan fingerprint density at radius 1 is 1.05 bits per heavy atom. The van der Waals surface area contributed by atoms with E-state index in [-0.39, 0.29) is 10.8 Å². The number of aromatic nitrogens is 3. The van der Waals surface area contributed by atoms with E-state index in [1.807, 2.05) is 4.72 Å². The van der Waals surface area contributed by atoms with Crippen LogP contribution in [0.3, 0.4) is 0 Å². The Morgan fingerprint density at radius 3 is 2.33 bits per heavy atom. The maximum Gasteiger partial charge on any atom is 0.335 e. The van der Waals surface area contributed by atoms with E-state index in [0.717, 1.165) is 0 Å². The molecule has 1 heterocycles. The van der Waals surface area contributed by atoms with Crippen molar-refractivity contribution in [1.82, 2.24) is 19.9 Å². The molecule has 0 aliphatic rings. The van der Waals surface area contributed by atoms with Gasteiger partial charge in [0.25, 0.3) is 16.0 Å². The third-order valence-corrected chi connectivity index (χ3v) is 3.94. The molecular formula is C12H13N5O3S. The zero-order chi connectivity index (χ0) is 15.5. The predicted octanol–water partition coefficient (Wildman–Crippen LogP) is 0.999. The first kappa shape index (κ1) is 14.9. The maximum absolute atomic E-state index is 11.9. The number of benzene rings is 1. The lowest BCUT2D eigenvalue weighted by Gasteiger charge is -2.07. The molecule has 2 amide bonds. The highest BCUT2D eigenvalue weighted by molar-refractivity contribution is 7.90. The molecule has 0 fully saturated rings. The van der Waals surface area contributed by atoms with Gasteiger partial charge in [-0.05, 0) is 26.0 Å². The van der Waals surface area contributed by atoms with Crippen molar-refractivity contribution in [3.05, 3.63) is 41.7 Å². The predicted molar refractivity (Wildman–Crippen MR) is 75.1 cm³/mol. The number of urea groups is 1. The van der Waals surface area contributed by atoms with E-state index in [2.05, 4.69) is 20.5 Å². The molecule has 0 bridgehead atoms. The van der Waals surface area contributed by atoms with Crippen molar-refractivity contribution in [3.63, 3.8) is 0 Å². The molecule has 0 spiro atoms. The molecule has 0 atom stereocenters. The highest BCUT2D eigenvalue weighted by Gasteiger charge is 2.17. The summed E-state index contributed by atoms with van der Waals surface area (Å²) >= 11 is 0. The van der Waals surface area contributed by atoms with Crippen LogP contribution < -0.4 is 10.0 Å². The monoisotopic (exact) mass is 307 g/mol. The molecule has 0 saturated carbocycles. The van der Waals surface area contributed by atoms with E-state index < -0.39 is 16.1 Å². The van der Waals surface area contributed by atoms with Crippen LogP contribution in [0.2, 0.25) is 0 Å². The lowest BCUT2D eigenvalue weighted by atomic mass is 10.4. The van der Waals surface area contributed by atoms with E-state index in [1.165, 1.54) is 12.1 Å². The van der Waals surface area contributed by atoms with Gasteiger partial charge < -0.3 is 0 Å². The molecule has 21 heavy (non-hydrogen) atoms. The third-order valence-electron chi connectivity index (χ3n) is 2.60. The van der Waals surface area contributed by atoms with Crippen molar-refractivity contribution in [1.29, 1.82) is 0 Å². The van der Waals surface area contributed by atoms with Gasteiger partial charge in [0.1, 0.15) is 0 Å². The smallest absolute Gasteiger partial charge is 0.274 e. The fourth-order valence-corrected chi connectivity index (χ4v) is 2.35. The molecule has 2 rings (SSSR count). The Bertz CT molecular complexity index is 762. The summed E-state index contributed by atoms with van der Waals surface area (Å²) in [7, 11) is -3.94. The van der Waals surface area contributed by atoms with Crippen molar-refractivity contribution >= 4 is 22.0 Å². The summed E-state index contributed by atoms with van der Waals surface area (Å²) in [6.07, 6.45) is 0. The van der Waals surface area contributed by atoms with Gasteiger partial charge >= 0.3 is 6.03 Å². The topological polar surface area (TPSA) is 114 Å². The summed E-state index contributed by atoms with van der Waals surface area (Å²) in [5, 5.41) is 9.66. The quantitative estimate of drug-likeness (QED) is 0.874. The number of carbonyl (C=O) groups excluding carboxylic acids is 1. The fourth-order valence-electron chi connectivity index (χ4n) is 1.42. The molecule has 0 aliphatic carbocycles. The summed E-state index contributed by atoms with van der Waals surface area (Å²) in [4.78, 5) is 15.6. The number of aryl methyl sites for hydroxylation is 2. The van der Waals surface area contributed by atoms with Gasteiger partial charge in [-0.25, -0.2) is 22.9 Å². The number of carbonyl (C=O) groups is 1. The number of nitrogens with one attached hydrogen (secondary N) is 2. The molecule has 0 unspecified atom stereocenters. The van der Waals surface area contributed by atoms with Gasteiger partial charge in [0.2, 0.25) is 0 Å². The molecule has 2 aromatic rings. The van der Waals surface area contributed by atoms with Crippen molar-refractivity contribution in [2.24, 2.45) is 0 Å². The Hall–Kier alpha value is -2.55. The molecule has 1 aromatic carbocycles. The van der Waals surface area contributed by atoms with E-state index in [0.29, 0.717) is 11.4 Å². The van der Waals surface area contributed by atoms with Gasteiger partial charge in [-0.15, -0.1) is 5.10 Å². The Morgan fingerprint density at radius 2 is 1.71 bits per heavy atom. The number of sulfonamides is 1. The van der Waals surface area contributed by atoms with Crippen LogP contribution in [0.15, 0.2) is 35.2 Å². The van der Waals surface area contributed by atoms with Crippen LogP contribution in [0.25, 0.3) is 0 Å². The number of hydrogen-bond donors (Lipinski definition) is 2. The molecule has 110 valence electrons. The molecule has 8 nitrogen and oxygen atoms in total. The first-order valence-corrected chi connectivity index (χ1v) is 7.43. The zero-order valence-electron chi connectivity index (χ0n) is 11.4. The summed E-state index contributed by atoms with van der Waals surface area (Å²) in [5.74, 6) is -0.0705. The van der Waals surface area contributed by atoms with Crippen LogP contribution in [0, 0.1) is 13.8 Å². The van der Waals surface area contributed by atoms with Crippen LogP contribution in [0.5, 0.6) is 0 Å². The minimum Gasteiger partial charge on any atom is -0.274 e. The van der Waals surface area contributed by atoms with Crippen LogP contribution >= 0.6 is 0 Å². The van der Waals surface area contributed by atoms with Crippen molar-refractivity contribution in [3.8, 4) is 0 Å². The first-order valence-electron chi connectivity index (χ1n) is 5.95. The summed E-state index contributed by atoms with van der Waals surface area (Å²) in [6, 6.07) is 6.59. The van der Waals surface area contributed by atoms with Gasteiger partial charge in [0.05, 0.1) is 16.3 Å². The van der Waals surface area contributed by atoms with E-state index >= 15 is 0 Å². The fraction of sp³-hybridized carbons (Fsp3) is 0.167. The average molecular weight is 307 g/mol. The molecular weight excluding hydrogens is 294 g/mol. The second-order valence-corrected chi connectivity index (χ2v) is 5.86. The van der Waals surface area contributed by atoms with Gasteiger partial charge in [0, 0.05) is 0 Å². The number of rotatable bonds is 3. The summed E-state index contributed by atoms with van der Waals surface area (Å²) in [5.41, 5.74) is 1.21. The van der Waals surface area contributed by atoms with Gasteiger partial charge in [-0.3, -0.25) is 5.32 Å². The Kier molecular flexibility index (Phi) is 4.13. The van der Waals surface area contributed by atoms with Gasteiger partial charge in [0.15, 0.2) is 0 Å². The normalized spacial score (nSPS) is 11.0. The molecule has 1 aromatic heterocycles. The highest BCUT2D eigenvalue weighted by Crippen LogP contribution is 2.07. The summed E-state index contributed by atoms with van der Waals surface area (Å²) in [6.45, 7) is 3.42. The lowest BCUT2D eigenvalue weighted by Crippen LogP contribution is -2.35. The van der Waals surface area contributed by atoms with Crippen LogP contribution in [0.4, 0.5) is 10.7 Å². The number of amides is 2. The van der Waals surface area contributed by atoms with Crippen molar-refractivity contribution < 1.29 is 13.2 Å². The second-order valence-electron chi connectivity index (χ2n) is 4.18. The highest BCUT2D eigenvalue weighted by atomic mass is 32.2. The van der Waals surface area contributed by atoms with Crippen LogP contribution in [0.1, 0.15) is 11.4 Å². The molecule has 2 N–H and O–H groups in total. The average Bonchev–Trinajstić information content (AvgIpc) is 2.43. The van der Waals surface area contributed by atoms with Gasteiger partial charge in [-0.1, -0.05) is 18.2 Å². The third kappa shape index (κ3) is 3.72. The largest absolute Gasteiger partial charge is 0.335 e. The second kappa shape index (κ2) is 5.83. The number of hydrogen-bond acceptors (Lipinski definition) is 6. The molecule has 9 heteroatoms. The lowest BCUT2D eigenvalue weighted by molar-refractivity contribution is 0.256. The Labute approximate surface area is 121 Å². The minimum atomic E-state index is -3.94. The van der Waals surface area contributed by atoms with Crippen molar-refractivity contribution in [2.75, 3.05) is 5.32 Å². The maximum atomic E-state index is 11.9. The molecule has 0 saturated heterocycles. The molecule has 0 radical (unpaired) electrons. The van der Waals surface area contributed by atoms with Crippen LogP contribution in [-0.4, -0.2) is 29.6 Å². The van der Waals surface area contributed by atoms with E-state index in [1.54, 1.807) is 32.0 Å². The number of nitrogens with zero attached hydrogens (tertiary/aromatic N) is 3. The zero-order valence-corrected chi connectivity index (χ0v) is 12.2. The van der Waals surface area contributed by atoms with E-state index in [4.69, 9.17) is 0 Å². The van der Waals surface area contributed by atoms with Gasteiger partial charge in [-0.2, -0.15) is 5.10 Å². The van der Waals surface area contributed by atoms with Crippen molar-refractivity contribution in [2.45, 2.75) is 18.7 Å².